The number of rotatable bonds is 4. The Labute approximate surface area is 128 Å². The van der Waals surface area contributed by atoms with Crippen LogP contribution < -0.4 is 5.32 Å². The molecule has 0 aliphatic rings. The third kappa shape index (κ3) is 3.67. The lowest BCUT2D eigenvalue weighted by atomic mass is 10.1. The maximum Gasteiger partial charge on any atom is 0.423 e. The van der Waals surface area contributed by atoms with E-state index >= 15 is 0 Å². The smallest absolute Gasteiger partial charge is 0.381 e. The average Bonchev–Trinajstić information content (AvgIpc) is 2.45. The van der Waals surface area contributed by atoms with Crippen LogP contribution in [0.3, 0.4) is 0 Å². The van der Waals surface area contributed by atoms with Gasteiger partial charge in [-0.25, -0.2) is 0 Å². The van der Waals surface area contributed by atoms with Gasteiger partial charge < -0.3 is 5.32 Å². The Morgan fingerprint density at radius 1 is 1.18 bits per heavy atom. The lowest BCUT2D eigenvalue weighted by molar-refractivity contribution is -0.388. The minimum atomic E-state index is -4.80. The quantitative estimate of drug-likeness (QED) is 0.642. The van der Waals surface area contributed by atoms with Crippen LogP contribution in [0.5, 0.6) is 0 Å². The fourth-order valence-electron chi connectivity index (χ4n) is 1.87. The van der Waals surface area contributed by atoms with E-state index in [1.165, 1.54) is 6.07 Å². The van der Waals surface area contributed by atoms with Crippen molar-refractivity contribution in [2.75, 3.05) is 5.32 Å². The van der Waals surface area contributed by atoms with E-state index in [-0.39, 0.29) is 12.2 Å². The normalized spacial score (nSPS) is 11.3. The first kappa shape index (κ1) is 16.1. The van der Waals surface area contributed by atoms with Crippen molar-refractivity contribution in [1.82, 2.24) is 0 Å². The number of halogens is 4. The predicted octanol–water partition coefficient (Wildman–Crippen LogP) is 4.88. The van der Waals surface area contributed by atoms with E-state index in [2.05, 4.69) is 5.32 Å². The second-order valence-electron chi connectivity index (χ2n) is 4.43. The first-order chi connectivity index (χ1) is 10.3. The SMILES string of the molecule is O=[N+]([O-])c1ccc(NCc2ccccc2Cl)cc1C(F)(F)F. The van der Waals surface area contributed by atoms with E-state index in [9.17, 15) is 23.3 Å². The van der Waals surface area contributed by atoms with Crippen molar-refractivity contribution in [1.29, 1.82) is 0 Å². The molecular weight excluding hydrogens is 321 g/mol. The summed E-state index contributed by atoms with van der Waals surface area (Å²) in [4.78, 5) is 9.62. The maximum atomic E-state index is 12.9. The molecule has 0 bridgehead atoms. The third-order valence-electron chi connectivity index (χ3n) is 2.94. The zero-order valence-electron chi connectivity index (χ0n) is 11.0. The van der Waals surface area contributed by atoms with Crippen LogP contribution in [0.1, 0.15) is 11.1 Å². The molecule has 0 aliphatic heterocycles. The Bertz CT molecular complexity index is 705. The maximum absolute atomic E-state index is 12.9. The number of hydrogen-bond acceptors (Lipinski definition) is 3. The molecule has 0 heterocycles. The molecule has 0 saturated carbocycles. The summed E-state index contributed by atoms with van der Waals surface area (Å²) < 4.78 is 38.6. The van der Waals surface area contributed by atoms with Crippen LogP contribution in [-0.2, 0) is 12.7 Å². The molecule has 2 aromatic carbocycles. The minimum absolute atomic E-state index is 0.123. The van der Waals surface area contributed by atoms with Crippen LogP contribution in [0.25, 0.3) is 0 Å². The molecular formula is C14H10ClF3N2O2. The van der Waals surface area contributed by atoms with Crippen LogP contribution in [0.15, 0.2) is 42.5 Å². The van der Waals surface area contributed by atoms with Gasteiger partial charge in [0, 0.05) is 23.3 Å². The standard InChI is InChI=1S/C14H10ClF3N2O2/c15-12-4-2-1-3-9(12)8-19-10-5-6-13(20(21)22)11(7-10)14(16,17)18/h1-7,19H,8H2. The summed E-state index contributed by atoms with van der Waals surface area (Å²) >= 11 is 5.95. The molecule has 1 N–H and O–H groups in total. The van der Waals surface area contributed by atoms with Gasteiger partial charge >= 0.3 is 6.18 Å². The average molecular weight is 331 g/mol. The zero-order chi connectivity index (χ0) is 16.3. The van der Waals surface area contributed by atoms with Crippen molar-refractivity contribution in [2.45, 2.75) is 12.7 Å². The number of alkyl halides is 3. The Hall–Kier alpha value is -2.28. The summed E-state index contributed by atoms with van der Waals surface area (Å²) in [5, 5.41) is 13.9. The van der Waals surface area contributed by atoms with Crippen LogP contribution in [-0.4, -0.2) is 4.92 Å². The zero-order valence-corrected chi connectivity index (χ0v) is 11.8. The van der Waals surface area contributed by atoms with Gasteiger partial charge in [-0.05, 0) is 23.8 Å². The molecule has 0 atom stereocenters. The van der Waals surface area contributed by atoms with Crippen molar-refractivity contribution in [3.05, 3.63) is 68.7 Å². The van der Waals surface area contributed by atoms with E-state index in [0.29, 0.717) is 10.6 Å². The van der Waals surface area contributed by atoms with E-state index in [4.69, 9.17) is 11.6 Å². The molecule has 2 rings (SSSR count). The fourth-order valence-corrected chi connectivity index (χ4v) is 2.07. The van der Waals surface area contributed by atoms with Gasteiger partial charge in [-0.2, -0.15) is 13.2 Å². The number of nitrogens with zero attached hydrogens (tertiary/aromatic N) is 1. The second kappa shape index (κ2) is 6.23. The topological polar surface area (TPSA) is 55.2 Å². The summed E-state index contributed by atoms with van der Waals surface area (Å²) in [6.45, 7) is 0.203. The van der Waals surface area contributed by atoms with Gasteiger partial charge in [-0.15, -0.1) is 0 Å². The first-order valence-corrected chi connectivity index (χ1v) is 6.50. The van der Waals surface area contributed by atoms with Gasteiger partial charge in [0.2, 0.25) is 0 Å². The highest BCUT2D eigenvalue weighted by Gasteiger charge is 2.38. The van der Waals surface area contributed by atoms with E-state index in [0.717, 1.165) is 12.1 Å². The highest BCUT2D eigenvalue weighted by molar-refractivity contribution is 6.31. The molecule has 116 valence electrons. The summed E-state index contributed by atoms with van der Waals surface area (Å²) in [6.07, 6.45) is -4.80. The van der Waals surface area contributed by atoms with Crippen molar-refractivity contribution < 1.29 is 18.1 Å². The third-order valence-corrected chi connectivity index (χ3v) is 3.31. The molecule has 22 heavy (non-hydrogen) atoms. The van der Waals surface area contributed by atoms with Gasteiger partial charge in [-0.1, -0.05) is 29.8 Å². The van der Waals surface area contributed by atoms with Gasteiger partial charge in [0.05, 0.1) is 4.92 Å². The Kier molecular flexibility index (Phi) is 4.56. The lowest BCUT2D eigenvalue weighted by Crippen LogP contribution is -2.10. The predicted molar refractivity (Wildman–Crippen MR) is 76.9 cm³/mol. The van der Waals surface area contributed by atoms with E-state index in [1.54, 1.807) is 24.3 Å². The minimum Gasteiger partial charge on any atom is -0.381 e. The molecule has 0 aliphatic carbocycles. The van der Waals surface area contributed by atoms with Crippen LogP contribution in [0, 0.1) is 10.1 Å². The summed E-state index contributed by atoms with van der Waals surface area (Å²) in [6, 6.07) is 9.65. The molecule has 0 fully saturated rings. The molecule has 0 spiro atoms. The van der Waals surface area contributed by atoms with Crippen LogP contribution >= 0.6 is 11.6 Å². The molecule has 2 aromatic rings. The number of nitro benzene ring substituents is 1. The summed E-state index contributed by atoms with van der Waals surface area (Å²) in [5.41, 5.74) is -1.44. The number of nitrogens with one attached hydrogen (secondary N) is 1. The Balaban J connectivity index is 2.26. The molecule has 0 aromatic heterocycles. The Morgan fingerprint density at radius 3 is 2.45 bits per heavy atom. The number of nitro groups is 1. The molecule has 0 saturated heterocycles. The molecule has 0 unspecified atom stereocenters. The summed E-state index contributed by atoms with van der Waals surface area (Å²) in [7, 11) is 0. The van der Waals surface area contributed by atoms with Gasteiger partial charge in [-0.3, -0.25) is 10.1 Å². The summed E-state index contributed by atoms with van der Waals surface area (Å²) in [5.74, 6) is 0. The number of hydrogen-bond donors (Lipinski definition) is 1. The first-order valence-electron chi connectivity index (χ1n) is 6.12. The highest BCUT2D eigenvalue weighted by Crippen LogP contribution is 2.37. The number of anilines is 1. The van der Waals surface area contributed by atoms with E-state index in [1.807, 2.05) is 0 Å². The van der Waals surface area contributed by atoms with Crippen LogP contribution in [0.4, 0.5) is 24.5 Å². The van der Waals surface area contributed by atoms with Crippen molar-refractivity contribution in [3.63, 3.8) is 0 Å². The molecule has 0 amide bonds. The molecule has 8 heteroatoms. The second-order valence-corrected chi connectivity index (χ2v) is 4.84. The Morgan fingerprint density at radius 2 is 1.86 bits per heavy atom. The van der Waals surface area contributed by atoms with Crippen molar-refractivity contribution >= 4 is 23.0 Å². The van der Waals surface area contributed by atoms with Crippen molar-refractivity contribution in [2.24, 2.45) is 0 Å². The molecule has 0 radical (unpaired) electrons. The monoisotopic (exact) mass is 330 g/mol. The van der Waals surface area contributed by atoms with Gasteiger partial charge in [0.25, 0.3) is 5.69 Å². The van der Waals surface area contributed by atoms with E-state index < -0.39 is 22.4 Å². The van der Waals surface area contributed by atoms with Gasteiger partial charge in [0.1, 0.15) is 5.56 Å². The highest BCUT2D eigenvalue weighted by atomic mass is 35.5. The fraction of sp³-hybridized carbons (Fsp3) is 0.143. The van der Waals surface area contributed by atoms with Crippen molar-refractivity contribution in [3.8, 4) is 0 Å². The lowest BCUT2D eigenvalue weighted by Gasteiger charge is -2.12. The molecule has 4 nitrogen and oxygen atoms in total. The largest absolute Gasteiger partial charge is 0.423 e. The van der Waals surface area contributed by atoms with Crippen LogP contribution in [0.2, 0.25) is 5.02 Å². The number of benzene rings is 2. The van der Waals surface area contributed by atoms with Gasteiger partial charge in [0.15, 0.2) is 0 Å².